The van der Waals surface area contributed by atoms with Gasteiger partial charge in [-0.1, -0.05) is 0 Å². The third-order valence-corrected chi connectivity index (χ3v) is 5.73. The molecule has 0 spiro atoms. The highest BCUT2D eigenvalue weighted by atomic mass is 32.2. The third kappa shape index (κ3) is 4.43. The lowest BCUT2D eigenvalue weighted by Gasteiger charge is -2.22. The number of alkyl halides is 3. The Kier molecular flexibility index (Phi) is 4.98. The van der Waals surface area contributed by atoms with Gasteiger partial charge in [0.25, 0.3) is 0 Å². The van der Waals surface area contributed by atoms with Crippen LogP contribution in [-0.4, -0.2) is 43.7 Å². The number of halogens is 3. The number of hydrogen-bond acceptors (Lipinski definition) is 3. The van der Waals surface area contributed by atoms with Crippen molar-refractivity contribution in [3.63, 3.8) is 0 Å². The van der Waals surface area contributed by atoms with Crippen LogP contribution in [0.5, 0.6) is 0 Å². The number of aromatic nitrogens is 1. The molecular formula is C14H18F3N3O2S. The Hall–Kier alpha value is -1.64. The number of nitrogens with zero attached hydrogens (tertiary/aromatic N) is 2. The average molecular weight is 349 g/mol. The molecule has 23 heavy (non-hydrogen) atoms. The summed E-state index contributed by atoms with van der Waals surface area (Å²) in [6.07, 6.45) is -2.94. The van der Waals surface area contributed by atoms with Gasteiger partial charge in [-0.25, -0.2) is 9.78 Å². The van der Waals surface area contributed by atoms with Gasteiger partial charge in [0.2, 0.25) is 0 Å². The molecule has 5 nitrogen and oxygen atoms in total. The van der Waals surface area contributed by atoms with E-state index in [1.54, 1.807) is 0 Å². The summed E-state index contributed by atoms with van der Waals surface area (Å²) in [4.78, 5) is 17.0. The molecule has 1 saturated heterocycles. The molecule has 0 saturated carbocycles. The van der Waals surface area contributed by atoms with Crippen LogP contribution in [0.15, 0.2) is 18.3 Å². The van der Waals surface area contributed by atoms with Gasteiger partial charge in [-0.2, -0.15) is 13.2 Å². The van der Waals surface area contributed by atoms with E-state index >= 15 is 0 Å². The summed E-state index contributed by atoms with van der Waals surface area (Å²) in [5, 5.41) is 2.52. The summed E-state index contributed by atoms with van der Waals surface area (Å²) in [6.45, 7) is 4.57. The second kappa shape index (κ2) is 6.46. The van der Waals surface area contributed by atoms with E-state index in [1.165, 1.54) is 4.90 Å². The smallest absolute Gasteiger partial charge is 0.324 e. The first kappa shape index (κ1) is 17.7. The van der Waals surface area contributed by atoms with Crippen molar-refractivity contribution in [1.82, 2.24) is 9.88 Å². The maximum atomic E-state index is 12.4. The Morgan fingerprint density at radius 3 is 2.61 bits per heavy atom. The maximum Gasteiger partial charge on any atom is 0.433 e. The number of carbonyl (C=O) groups excluding carboxylic acids is 1. The van der Waals surface area contributed by atoms with Crippen molar-refractivity contribution in [2.24, 2.45) is 0 Å². The standard InChI is InChI=1S/C14H18F3N3O2S/c1-13(2)5-6-20(7-8-23(13)22)12(21)19-10-3-4-11(18-9-10)14(15,16)17/h3-4,9H,5-8H2,1-2H3,(H,19,21). The van der Waals surface area contributed by atoms with Crippen molar-refractivity contribution in [3.05, 3.63) is 24.0 Å². The lowest BCUT2D eigenvalue weighted by Crippen LogP contribution is -2.37. The fourth-order valence-corrected chi connectivity index (χ4v) is 3.40. The predicted octanol–water partition coefficient (Wildman–Crippen LogP) is 2.87. The number of carbonyl (C=O) groups is 1. The van der Waals surface area contributed by atoms with E-state index < -0.39 is 28.7 Å². The molecule has 2 heterocycles. The molecule has 0 bridgehead atoms. The lowest BCUT2D eigenvalue weighted by molar-refractivity contribution is -0.141. The minimum Gasteiger partial charge on any atom is -0.324 e. The summed E-state index contributed by atoms with van der Waals surface area (Å²) in [6, 6.07) is 1.55. The van der Waals surface area contributed by atoms with Crippen LogP contribution in [-0.2, 0) is 17.0 Å². The van der Waals surface area contributed by atoms with E-state index in [-0.39, 0.29) is 10.4 Å². The quantitative estimate of drug-likeness (QED) is 0.848. The van der Waals surface area contributed by atoms with Crippen LogP contribution in [0.3, 0.4) is 0 Å². The van der Waals surface area contributed by atoms with Gasteiger partial charge in [-0.3, -0.25) is 4.21 Å². The molecule has 2 amide bonds. The minimum atomic E-state index is -4.51. The first-order valence-corrected chi connectivity index (χ1v) is 8.39. The molecule has 0 aliphatic carbocycles. The van der Waals surface area contributed by atoms with Crippen molar-refractivity contribution in [2.45, 2.75) is 31.2 Å². The minimum absolute atomic E-state index is 0.188. The number of pyridine rings is 1. The van der Waals surface area contributed by atoms with Crippen molar-refractivity contribution >= 4 is 22.5 Å². The Bertz CT molecular complexity index is 602. The molecule has 1 atom stereocenters. The summed E-state index contributed by atoms with van der Waals surface area (Å²) < 4.78 is 49.0. The summed E-state index contributed by atoms with van der Waals surface area (Å²) in [7, 11) is -1.02. The molecule has 1 unspecified atom stereocenters. The summed E-state index contributed by atoms with van der Waals surface area (Å²) in [5.41, 5.74) is -0.824. The van der Waals surface area contributed by atoms with E-state index in [4.69, 9.17) is 0 Å². The van der Waals surface area contributed by atoms with Crippen LogP contribution in [0.2, 0.25) is 0 Å². The van der Waals surface area contributed by atoms with Gasteiger partial charge in [0, 0.05) is 34.4 Å². The second-order valence-electron chi connectivity index (χ2n) is 5.91. The highest BCUT2D eigenvalue weighted by Crippen LogP contribution is 2.28. The maximum absolute atomic E-state index is 12.4. The van der Waals surface area contributed by atoms with Crippen LogP contribution in [0, 0.1) is 0 Å². The van der Waals surface area contributed by atoms with E-state index in [0.29, 0.717) is 25.3 Å². The van der Waals surface area contributed by atoms with Gasteiger partial charge in [-0.05, 0) is 32.4 Å². The van der Waals surface area contributed by atoms with E-state index in [9.17, 15) is 22.2 Å². The lowest BCUT2D eigenvalue weighted by atomic mass is 10.1. The number of urea groups is 1. The highest BCUT2D eigenvalue weighted by molar-refractivity contribution is 7.86. The number of nitrogens with one attached hydrogen (secondary N) is 1. The Morgan fingerprint density at radius 1 is 1.35 bits per heavy atom. The van der Waals surface area contributed by atoms with Crippen LogP contribution < -0.4 is 5.32 Å². The normalized spacial score (nSPS) is 21.6. The fraction of sp³-hybridized carbons (Fsp3) is 0.571. The number of rotatable bonds is 1. The first-order chi connectivity index (χ1) is 10.6. The average Bonchev–Trinajstić information content (AvgIpc) is 2.58. The topological polar surface area (TPSA) is 62.3 Å². The monoisotopic (exact) mass is 349 g/mol. The first-order valence-electron chi connectivity index (χ1n) is 7.07. The summed E-state index contributed by atoms with van der Waals surface area (Å²) >= 11 is 0. The molecule has 1 aliphatic rings. The zero-order chi connectivity index (χ0) is 17.3. The largest absolute Gasteiger partial charge is 0.433 e. The molecule has 128 valence electrons. The molecule has 1 aromatic rings. The van der Waals surface area contributed by atoms with E-state index in [0.717, 1.165) is 18.3 Å². The molecule has 1 fully saturated rings. The van der Waals surface area contributed by atoms with Gasteiger partial charge in [-0.15, -0.1) is 0 Å². The molecule has 0 aromatic carbocycles. The Balaban J connectivity index is 2.00. The van der Waals surface area contributed by atoms with Gasteiger partial charge < -0.3 is 10.2 Å². The molecular weight excluding hydrogens is 331 g/mol. The summed E-state index contributed by atoms with van der Waals surface area (Å²) in [5.74, 6) is 0.381. The Morgan fingerprint density at radius 2 is 2.04 bits per heavy atom. The van der Waals surface area contributed by atoms with Crippen molar-refractivity contribution in [3.8, 4) is 0 Å². The predicted molar refractivity (Wildman–Crippen MR) is 81.5 cm³/mol. The fourth-order valence-electron chi connectivity index (χ4n) is 2.14. The van der Waals surface area contributed by atoms with Crippen LogP contribution >= 0.6 is 0 Å². The molecule has 2 rings (SSSR count). The number of anilines is 1. The third-order valence-electron chi connectivity index (χ3n) is 3.74. The molecule has 1 N–H and O–H groups in total. The Labute approximate surface area is 134 Å². The van der Waals surface area contributed by atoms with Gasteiger partial charge in [0.15, 0.2) is 0 Å². The van der Waals surface area contributed by atoms with E-state index in [2.05, 4.69) is 10.3 Å². The SMILES string of the molecule is CC1(C)CCN(C(=O)Nc2ccc(C(F)(F)F)nc2)CCS1=O. The van der Waals surface area contributed by atoms with Crippen LogP contribution in [0.25, 0.3) is 0 Å². The molecule has 0 radical (unpaired) electrons. The van der Waals surface area contributed by atoms with Crippen molar-refractivity contribution in [1.29, 1.82) is 0 Å². The van der Waals surface area contributed by atoms with Crippen molar-refractivity contribution < 1.29 is 22.2 Å². The van der Waals surface area contributed by atoms with Crippen LogP contribution in [0.1, 0.15) is 26.0 Å². The number of hydrogen-bond donors (Lipinski definition) is 1. The molecule has 1 aliphatic heterocycles. The number of amides is 2. The highest BCUT2D eigenvalue weighted by Gasteiger charge is 2.33. The van der Waals surface area contributed by atoms with Crippen LogP contribution in [0.4, 0.5) is 23.7 Å². The molecule has 1 aromatic heterocycles. The van der Waals surface area contributed by atoms with Gasteiger partial charge in [0.05, 0.1) is 11.9 Å². The zero-order valence-electron chi connectivity index (χ0n) is 12.8. The second-order valence-corrected chi connectivity index (χ2v) is 8.11. The van der Waals surface area contributed by atoms with Gasteiger partial charge >= 0.3 is 12.2 Å². The van der Waals surface area contributed by atoms with Crippen molar-refractivity contribution in [2.75, 3.05) is 24.2 Å². The molecule has 9 heteroatoms. The van der Waals surface area contributed by atoms with E-state index in [1.807, 2.05) is 13.8 Å². The van der Waals surface area contributed by atoms with Gasteiger partial charge in [0.1, 0.15) is 5.69 Å². The zero-order valence-corrected chi connectivity index (χ0v) is 13.6.